The summed E-state index contributed by atoms with van der Waals surface area (Å²) in [5, 5.41) is 17.7. The molecule has 1 rings (SSSR count). The molecule has 0 aliphatic carbocycles. The number of aliphatic hydroxyl groups is 1. The van der Waals surface area contributed by atoms with Gasteiger partial charge in [0.05, 0.1) is 18.2 Å². The monoisotopic (exact) mass is 174 g/mol. The highest BCUT2D eigenvalue weighted by Gasteiger charge is 2.06. The number of benzene rings is 1. The van der Waals surface area contributed by atoms with Gasteiger partial charge >= 0.3 is 0 Å². The molecular formula is C11H12NO. The van der Waals surface area contributed by atoms with E-state index in [1.54, 1.807) is 6.07 Å². The molecule has 1 radical (unpaired) electrons. The average molecular weight is 174 g/mol. The highest BCUT2D eigenvalue weighted by molar-refractivity contribution is 5.43. The Labute approximate surface area is 78.4 Å². The molecule has 0 spiro atoms. The highest BCUT2D eigenvalue weighted by Crippen LogP contribution is 2.17. The minimum Gasteiger partial charge on any atom is -0.395 e. The number of aliphatic hydroxyl groups excluding tert-OH is 1. The third kappa shape index (κ3) is 2.07. The molecule has 1 N–H and O–H groups in total. The molecule has 0 saturated heterocycles. The first kappa shape index (κ1) is 9.76. The smallest absolute Gasteiger partial charge is 0.0994 e. The van der Waals surface area contributed by atoms with Crippen LogP contribution in [0, 0.1) is 24.2 Å². The lowest BCUT2D eigenvalue weighted by molar-refractivity contribution is 0.315. The standard InChI is InChI=1S/C11H12NO/c1-8-3-4-10(9(2)7-13)5-11(8)6-12/h3-5,13H,7H2,1-2H3. The van der Waals surface area contributed by atoms with Crippen LogP contribution in [0.1, 0.15) is 23.6 Å². The van der Waals surface area contributed by atoms with Crippen LogP contribution in [0.25, 0.3) is 0 Å². The number of hydrogen-bond donors (Lipinski definition) is 1. The Morgan fingerprint density at radius 3 is 2.77 bits per heavy atom. The Hall–Kier alpha value is -1.33. The van der Waals surface area contributed by atoms with Gasteiger partial charge in [-0.2, -0.15) is 5.26 Å². The van der Waals surface area contributed by atoms with E-state index in [0.717, 1.165) is 17.0 Å². The molecule has 0 saturated carbocycles. The third-order valence-electron chi connectivity index (χ3n) is 2.09. The van der Waals surface area contributed by atoms with Crippen LogP contribution >= 0.6 is 0 Å². The molecule has 0 bridgehead atoms. The first-order chi connectivity index (χ1) is 6.19. The molecule has 0 aliphatic heterocycles. The molecule has 1 aromatic rings. The summed E-state index contributed by atoms with van der Waals surface area (Å²) in [6, 6.07) is 7.74. The van der Waals surface area contributed by atoms with Gasteiger partial charge in [0.1, 0.15) is 0 Å². The second kappa shape index (κ2) is 4.06. The molecular weight excluding hydrogens is 162 g/mol. The first-order valence-corrected chi connectivity index (χ1v) is 4.13. The van der Waals surface area contributed by atoms with E-state index in [4.69, 9.17) is 10.4 Å². The zero-order chi connectivity index (χ0) is 9.84. The molecule has 2 heteroatoms. The quantitative estimate of drug-likeness (QED) is 0.743. The minimum absolute atomic E-state index is 0.0356. The van der Waals surface area contributed by atoms with Gasteiger partial charge in [-0.05, 0) is 24.1 Å². The Bertz CT molecular complexity index is 338. The van der Waals surface area contributed by atoms with E-state index < -0.39 is 0 Å². The van der Waals surface area contributed by atoms with Crippen LogP contribution in [-0.2, 0) is 0 Å². The van der Waals surface area contributed by atoms with E-state index >= 15 is 0 Å². The van der Waals surface area contributed by atoms with Gasteiger partial charge in [0.25, 0.3) is 0 Å². The van der Waals surface area contributed by atoms with Crippen molar-refractivity contribution in [2.45, 2.75) is 13.8 Å². The Morgan fingerprint density at radius 2 is 2.23 bits per heavy atom. The van der Waals surface area contributed by atoms with E-state index in [-0.39, 0.29) is 6.61 Å². The summed E-state index contributed by atoms with van der Waals surface area (Å²) in [6.45, 7) is 3.79. The zero-order valence-corrected chi connectivity index (χ0v) is 7.83. The van der Waals surface area contributed by atoms with Crippen molar-refractivity contribution >= 4 is 0 Å². The van der Waals surface area contributed by atoms with Gasteiger partial charge in [-0.3, -0.25) is 0 Å². The lowest BCUT2D eigenvalue weighted by Gasteiger charge is -2.08. The molecule has 0 unspecified atom stereocenters. The van der Waals surface area contributed by atoms with Crippen LogP contribution in [-0.4, -0.2) is 11.7 Å². The van der Waals surface area contributed by atoms with Gasteiger partial charge < -0.3 is 5.11 Å². The number of aryl methyl sites for hydroxylation is 1. The maximum atomic E-state index is 8.90. The summed E-state index contributed by atoms with van der Waals surface area (Å²) in [5.41, 5.74) is 2.58. The predicted octanol–water partition coefficient (Wildman–Crippen LogP) is 1.80. The van der Waals surface area contributed by atoms with Crippen LogP contribution in [0.3, 0.4) is 0 Å². The fraction of sp³-hybridized carbons (Fsp3) is 0.273. The fourth-order valence-corrected chi connectivity index (χ4v) is 1.10. The minimum atomic E-state index is 0.0356. The average Bonchev–Trinajstić information content (AvgIpc) is 2.17. The molecule has 0 heterocycles. The van der Waals surface area contributed by atoms with E-state index in [2.05, 4.69) is 6.07 Å². The lowest BCUT2D eigenvalue weighted by Crippen LogP contribution is -2.00. The van der Waals surface area contributed by atoms with Gasteiger partial charge in [0, 0.05) is 5.92 Å². The maximum absolute atomic E-state index is 8.90. The van der Waals surface area contributed by atoms with Crippen molar-refractivity contribution in [2.75, 3.05) is 6.61 Å². The van der Waals surface area contributed by atoms with Gasteiger partial charge in [0.15, 0.2) is 0 Å². The molecule has 0 atom stereocenters. The molecule has 2 nitrogen and oxygen atoms in total. The summed E-state index contributed by atoms with van der Waals surface area (Å²) in [6.07, 6.45) is 0. The Balaban J connectivity index is 3.08. The summed E-state index contributed by atoms with van der Waals surface area (Å²) < 4.78 is 0. The molecule has 0 aromatic heterocycles. The summed E-state index contributed by atoms with van der Waals surface area (Å²) >= 11 is 0. The molecule has 1 aromatic carbocycles. The van der Waals surface area contributed by atoms with Crippen molar-refractivity contribution in [3.63, 3.8) is 0 Å². The van der Waals surface area contributed by atoms with Gasteiger partial charge in [0.2, 0.25) is 0 Å². The van der Waals surface area contributed by atoms with E-state index in [1.165, 1.54) is 0 Å². The van der Waals surface area contributed by atoms with Crippen molar-refractivity contribution in [1.29, 1.82) is 5.26 Å². The molecule has 0 amide bonds. The van der Waals surface area contributed by atoms with E-state index in [1.807, 2.05) is 26.0 Å². The second-order valence-corrected chi connectivity index (χ2v) is 3.08. The Morgan fingerprint density at radius 1 is 1.54 bits per heavy atom. The van der Waals surface area contributed by atoms with Gasteiger partial charge in [-0.1, -0.05) is 19.1 Å². The topological polar surface area (TPSA) is 44.0 Å². The number of nitriles is 1. The third-order valence-corrected chi connectivity index (χ3v) is 2.09. The van der Waals surface area contributed by atoms with Crippen molar-refractivity contribution in [2.24, 2.45) is 0 Å². The number of nitrogens with zero attached hydrogens (tertiary/aromatic N) is 1. The first-order valence-electron chi connectivity index (χ1n) is 4.13. The van der Waals surface area contributed by atoms with Crippen molar-refractivity contribution in [3.05, 3.63) is 40.8 Å². The van der Waals surface area contributed by atoms with Crippen molar-refractivity contribution in [3.8, 4) is 6.07 Å². The SMILES string of the molecule is C[C](CO)c1ccc(C)c(C#N)c1. The fourth-order valence-electron chi connectivity index (χ4n) is 1.10. The van der Waals surface area contributed by atoms with Crippen molar-refractivity contribution in [1.82, 2.24) is 0 Å². The Kier molecular flexibility index (Phi) is 3.05. The van der Waals surface area contributed by atoms with Crippen LogP contribution in [0.15, 0.2) is 18.2 Å². The van der Waals surface area contributed by atoms with Gasteiger partial charge in [-0.15, -0.1) is 0 Å². The van der Waals surface area contributed by atoms with Crippen LogP contribution < -0.4 is 0 Å². The summed E-state index contributed by atoms with van der Waals surface area (Å²) in [5.74, 6) is 0.886. The number of rotatable bonds is 2. The largest absolute Gasteiger partial charge is 0.395 e. The van der Waals surface area contributed by atoms with Crippen LogP contribution in [0.4, 0.5) is 0 Å². The van der Waals surface area contributed by atoms with E-state index in [9.17, 15) is 0 Å². The second-order valence-electron chi connectivity index (χ2n) is 3.08. The molecule has 13 heavy (non-hydrogen) atoms. The highest BCUT2D eigenvalue weighted by atomic mass is 16.3. The predicted molar refractivity (Wildman–Crippen MR) is 51.0 cm³/mol. The molecule has 67 valence electrons. The summed E-state index contributed by atoms with van der Waals surface area (Å²) in [4.78, 5) is 0. The van der Waals surface area contributed by atoms with Crippen LogP contribution in [0.5, 0.6) is 0 Å². The molecule has 0 aliphatic rings. The lowest BCUT2D eigenvalue weighted by atomic mass is 9.98. The van der Waals surface area contributed by atoms with Crippen LogP contribution in [0.2, 0.25) is 0 Å². The molecule has 0 fully saturated rings. The van der Waals surface area contributed by atoms with Gasteiger partial charge in [-0.25, -0.2) is 0 Å². The van der Waals surface area contributed by atoms with E-state index in [0.29, 0.717) is 5.56 Å². The number of hydrogen-bond acceptors (Lipinski definition) is 2. The maximum Gasteiger partial charge on any atom is 0.0994 e. The van der Waals surface area contributed by atoms with Crippen molar-refractivity contribution < 1.29 is 5.11 Å². The summed E-state index contributed by atoms with van der Waals surface area (Å²) in [7, 11) is 0. The normalized spacial score (nSPS) is 10.1. The zero-order valence-electron chi connectivity index (χ0n) is 7.83.